The van der Waals surface area contributed by atoms with Crippen LogP contribution < -0.4 is 0 Å². The van der Waals surface area contributed by atoms with Crippen LogP contribution in [0.15, 0.2) is 0 Å². The Kier molecular flexibility index (Phi) is 4.10. The summed E-state index contributed by atoms with van der Waals surface area (Å²) in [6.45, 7) is 14.5. The van der Waals surface area contributed by atoms with Gasteiger partial charge in [0.05, 0.1) is 0 Å². The first kappa shape index (κ1) is 14.5. The van der Waals surface area contributed by atoms with E-state index in [2.05, 4.69) is 72.7 Å². The molecule has 0 aromatic carbocycles. The normalized spacial score (nSPS) is 39.4. The predicted octanol–water partition coefficient (Wildman–Crippen LogP) is 3.29. The number of hydrogen-bond acceptors (Lipinski definition) is 0. The molecule has 1 aliphatic rings. The van der Waals surface area contributed by atoms with Gasteiger partial charge in [-0.05, 0) is 0 Å². The molecule has 0 bridgehead atoms. The van der Waals surface area contributed by atoms with Gasteiger partial charge in [0.15, 0.2) is 0 Å². The molecule has 1 saturated heterocycles. The SMILES string of the molecule is CC(C)(C)[P+]1([Se-])C[P+]([Se-])(C(C)(C)C)[Se]1. The molecule has 1 rings (SSSR count). The van der Waals surface area contributed by atoms with E-state index >= 15 is 0 Å². The molecule has 14 heavy (non-hydrogen) atoms. The van der Waals surface area contributed by atoms with E-state index in [-0.39, 0.29) is 0 Å². The van der Waals surface area contributed by atoms with Gasteiger partial charge in [-0.3, -0.25) is 0 Å². The van der Waals surface area contributed by atoms with Gasteiger partial charge in [0, 0.05) is 0 Å². The van der Waals surface area contributed by atoms with Crippen molar-refractivity contribution in [2.24, 2.45) is 0 Å². The quantitative estimate of drug-likeness (QED) is 0.412. The summed E-state index contributed by atoms with van der Waals surface area (Å²) in [6, 6.07) is 0. The molecular weight excluding hydrogens is 407 g/mol. The minimum atomic E-state index is -0.689. The zero-order valence-corrected chi connectivity index (χ0v) is 16.8. The van der Waals surface area contributed by atoms with Crippen LogP contribution >= 0.6 is 9.28 Å². The third-order valence-electron chi connectivity index (χ3n) is 2.68. The summed E-state index contributed by atoms with van der Waals surface area (Å²) < 4.78 is -1.38. The van der Waals surface area contributed by atoms with E-state index in [1.807, 2.05) is 0 Å². The molecule has 0 aliphatic carbocycles. The molecule has 1 heterocycles. The van der Waals surface area contributed by atoms with Crippen LogP contribution in [0.4, 0.5) is 0 Å². The second-order valence-corrected chi connectivity index (χ2v) is 38.9. The molecule has 0 saturated carbocycles. The first-order valence-electron chi connectivity index (χ1n) is 4.81. The van der Waals surface area contributed by atoms with Crippen LogP contribution in [0.2, 0.25) is 0 Å². The third-order valence-corrected chi connectivity index (χ3v) is 57.4. The Balaban J connectivity index is 2.76. The van der Waals surface area contributed by atoms with Crippen molar-refractivity contribution in [3.63, 3.8) is 0 Å². The fourth-order valence-electron chi connectivity index (χ4n) is 1.12. The fraction of sp³-hybridized carbons (Fsp3) is 1.00. The third kappa shape index (κ3) is 2.47. The molecular formula is C9H20P2Se3. The van der Waals surface area contributed by atoms with E-state index in [4.69, 9.17) is 0 Å². The van der Waals surface area contributed by atoms with Crippen molar-refractivity contribution in [3.05, 3.63) is 0 Å². The van der Waals surface area contributed by atoms with E-state index in [1.54, 1.807) is 0 Å². The van der Waals surface area contributed by atoms with Crippen LogP contribution in [0.1, 0.15) is 41.5 Å². The van der Waals surface area contributed by atoms with Crippen molar-refractivity contribution in [2.75, 3.05) is 5.90 Å². The fourth-order valence-corrected chi connectivity index (χ4v) is 81.3. The Labute approximate surface area is 111 Å². The van der Waals surface area contributed by atoms with Crippen LogP contribution in [0.5, 0.6) is 0 Å². The summed E-state index contributed by atoms with van der Waals surface area (Å²) >= 11 is 8.09. The molecule has 5 heteroatoms. The van der Waals surface area contributed by atoms with Crippen molar-refractivity contribution < 1.29 is 0 Å². The Morgan fingerprint density at radius 2 is 1.07 bits per heavy atom. The second-order valence-electron chi connectivity index (χ2n) is 5.91. The Bertz CT molecular complexity index is 209. The van der Waals surface area contributed by atoms with Crippen molar-refractivity contribution in [1.29, 1.82) is 0 Å². The van der Waals surface area contributed by atoms with E-state index in [0.717, 1.165) is 14.1 Å². The van der Waals surface area contributed by atoms with Crippen LogP contribution in [-0.4, -0.2) is 61.4 Å². The zero-order chi connectivity index (χ0) is 11.4. The molecule has 2 atom stereocenters. The molecule has 2 unspecified atom stereocenters. The molecule has 0 spiro atoms. The van der Waals surface area contributed by atoms with E-state index in [0.29, 0.717) is 10.3 Å². The van der Waals surface area contributed by atoms with Gasteiger partial charge in [0.1, 0.15) is 0 Å². The van der Waals surface area contributed by atoms with Crippen molar-refractivity contribution in [1.82, 2.24) is 0 Å². The predicted molar refractivity (Wildman–Crippen MR) is 75.5 cm³/mol. The molecule has 0 aromatic heterocycles. The van der Waals surface area contributed by atoms with Crippen molar-refractivity contribution >= 4 is 54.5 Å². The van der Waals surface area contributed by atoms with Crippen LogP contribution in [0.25, 0.3) is 0 Å². The van der Waals surface area contributed by atoms with Gasteiger partial charge >= 0.3 is 112 Å². The molecule has 0 aromatic rings. The first-order valence-corrected chi connectivity index (χ1v) is 17.6. The van der Waals surface area contributed by atoms with Gasteiger partial charge in [-0.1, -0.05) is 0 Å². The second kappa shape index (κ2) is 3.97. The average molecular weight is 427 g/mol. The standard InChI is InChI=1S/C9H20P2Se3/c1-8(2,3)10(12)7-11(13,14-10)9(4,5)6/h7H2,1-6H3. The molecule has 1 fully saturated rings. The maximum atomic E-state index is 3.60. The summed E-state index contributed by atoms with van der Waals surface area (Å²) in [6.07, 6.45) is 0. The Morgan fingerprint density at radius 3 is 1.21 bits per heavy atom. The summed E-state index contributed by atoms with van der Waals surface area (Å²) in [5.41, 5.74) is 0. The molecule has 84 valence electrons. The molecule has 0 N–H and O–H groups in total. The van der Waals surface area contributed by atoms with Crippen LogP contribution in [0, 0.1) is 0 Å². The van der Waals surface area contributed by atoms with E-state index in [1.165, 1.54) is 5.90 Å². The summed E-state index contributed by atoms with van der Waals surface area (Å²) in [4.78, 5) is 0. The molecule has 1 aliphatic heterocycles. The Hall–Kier alpha value is 2.42. The molecule has 0 amide bonds. The number of hydrogen-bond donors (Lipinski definition) is 0. The summed E-state index contributed by atoms with van der Waals surface area (Å²) in [5, 5.41) is 1.09. The van der Waals surface area contributed by atoms with Crippen LogP contribution in [-0.2, 0) is 0 Å². The van der Waals surface area contributed by atoms with Gasteiger partial charge in [0.25, 0.3) is 0 Å². The topological polar surface area (TPSA) is 0 Å². The van der Waals surface area contributed by atoms with Gasteiger partial charge in [-0.2, -0.15) is 0 Å². The summed E-state index contributed by atoms with van der Waals surface area (Å²) in [5.74, 6) is 1.52. The summed E-state index contributed by atoms with van der Waals surface area (Å²) in [7, 11) is 0. The minimum absolute atomic E-state index is 0.547. The van der Waals surface area contributed by atoms with Gasteiger partial charge < -0.3 is 0 Å². The maximum absolute atomic E-state index is 3.60. The average Bonchev–Trinajstić information content (AvgIpc) is 1.78. The van der Waals surface area contributed by atoms with E-state index in [9.17, 15) is 0 Å². The molecule has 0 nitrogen and oxygen atoms in total. The Morgan fingerprint density at radius 1 is 0.857 bits per heavy atom. The van der Waals surface area contributed by atoms with E-state index < -0.39 is 9.28 Å². The first-order chi connectivity index (χ1) is 5.91. The van der Waals surface area contributed by atoms with Crippen molar-refractivity contribution in [3.8, 4) is 0 Å². The van der Waals surface area contributed by atoms with Gasteiger partial charge in [-0.15, -0.1) is 0 Å². The zero-order valence-electron chi connectivity index (χ0n) is 9.83. The van der Waals surface area contributed by atoms with Crippen molar-refractivity contribution in [2.45, 2.75) is 51.9 Å². The molecule has 0 radical (unpaired) electrons. The number of rotatable bonds is 0. The van der Waals surface area contributed by atoms with Crippen LogP contribution in [0.3, 0.4) is 0 Å². The monoisotopic (exact) mass is 430 g/mol. The van der Waals surface area contributed by atoms with Gasteiger partial charge in [0.2, 0.25) is 0 Å². The van der Waals surface area contributed by atoms with Gasteiger partial charge in [-0.25, -0.2) is 0 Å².